The molecule has 222 valence electrons. The molecule has 3 unspecified atom stereocenters. The van der Waals surface area contributed by atoms with Gasteiger partial charge in [-0.1, -0.05) is 78.9 Å². The van der Waals surface area contributed by atoms with E-state index in [1.54, 1.807) is 0 Å². The van der Waals surface area contributed by atoms with Gasteiger partial charge in [0.1, 0.15) is 0 Å². The molecule has 0 spiro atoms. The number of nitrogens with one attached hydrogen (secondary N) is 1. The molecule has 3 atom stereocenters. The molecule has 4 aromatic rings. The summed E-state index contributed by atoms with van der Waals surface area (Å²) in [4.78, 5) is 15.0. The van der Waals surface area contributed by atoms with Gasteiger partial charge in [0, 0.05) is 43.7 Å². The molecule has 4 aromatic carbocycles. The molecular weight excluding hydrogens is 540 g/mol. The van der Waals surface area contributed by atoms with E-state index in [1.807, 2.05) is 72.8 Å². The molecule has 7 heteroatoms. The molecule has 2 aliphatic rings. The molecule has 0 saturated carbocycles. The van der Waals surface area contributed by atoms with Crippen molar-refractivity contribution in [3.63, 3.8) is 0 Å². The molecule has 0 radical (unpaired) electrons. The van der Waals surface area contributed by atoms with Gasteiger partial charge in [-0.25, -0.2) is 0 Å². The lowest BCUT2D eigenvalue weighted by Gasteiger charge is -2.39. The van der Waals surface area contributed by atoms with E-state index in [0.29, 0.717) is 12.1 Å². The summed E-state index contributed by atoms with van der Waals surface area (Å²) in [6, 6.07) is 33.8. The predicted octanol–water partition coefficient (Wildman–Crippen LogP) is 5.65. The summed E-state index contributed by atoms with van der Waals surface area (Å²) >= 11 is 0. The van der Waals surface area contributed by atoms with Gasteiger partial charge in [-0.05, 0) is 52.1 Å². The van der Waals surface area contributed by atoms with Crippen molar-refractivity contribution in [3.05, 3.63) is 131 Å². The van der Waals surface area contributed by atoms with Crippen LogP contribution in [0.3, 0.4) is 0 Å². The average molecular weight is 579 g/mol. The molecule has 2 heterocycles. The lowest BCUT2D eigenvalue weighted by Crippen LogP contribution is -2.44. The van der Waals surface area contributed by atoms with Crippen LogP contribution in [0.2, 0.25) is 0 Å². The molecule has 0 aromatic heterocycles. The van der Waals surface area contributed by atoms with Crippen molar-refractivity contribution in [1.29, 1.82) is 0 Å². The van der Waals surface area contributed by atoms with Gasteiger partial charge in [0.25, 0.3) is 5.91 Å². The van der Waals surface area contributed by atoms with E-state index < -0.39 is 6.29 Å². The number of ether oxygens (including phenoxy) is 3. The topological polar surface area (TPSA) is 80.3 Å². The fourth-order valence-electron chi connectivity index (χ4n) is 5.70. The van der Waals surface area contributed by atoms with Gasteiger partial charge in [0.2, 0.25) is 0 Å². The summed E-state index contributed by atoms with van der Waals surface area (Å²) in [6.07, 6.45) is 0.107. The van der Waals surface area contributed by atoms with Crippen LogP contribution in [-0.4, -0.2) is 54.9 Å². The zero-order valence-electron chi connectivity index (χ0n) is 24.2. The maximum atomic E-state index is 12.5. The van der Waals surface area contributed by atoms with E-state index >= 15 is 0 Å². The minimum Gasteiger partial charge on any atom is -0.392 e. The summed E-state index contributed by atoms with van der Waals surface area (Å²) in [7, 11) is 0. The van der Waals surface area contributed by atoms with Crippen molar-refractivity contribution in [2.45, 2.75) is 38.1 Å². The second kappa shape index (κ2) is 14.1. The van der Waals surface area contributed by atoms with Gasteiger partial charge in [-0.15, -0.1) is 0 Å². The van der Waals surface area contributed by atoms with Crippen LogP contribution in [0, 0.1) is 0 Å². The highest BCUT2D eigenvalue weighted by Gasteiger charge is 2.33. The number of nitrogens with zero attached hydrogens (tertiary/aromatic N) is 1. The highest BCUT2D eigenvalue weighted by Crippen LogP contribution is 2.39. The summed E-state index contributed by atoms with van der Waals surface area (Å²) in [6.45, 7) is 4.58. The SMILES string of the molecule is O=C(NCc1cccc(-c2cccc(C3OC(CN4CCOCC4)CC(c4ccc(CO)cc4)O3)c2)c1)c1ccccc1. The number of carbonyl (C=O) groups is 1. The van der Waals surface area contributed by atoms with E-state index in [0.717, 1.165) is 72.6 Å². The van der Waals surface area contributed by atoms with Crippen LogP contribution in [0.4, 0.5) is 0 Å². The number of hydrogen-bond acceptors (Lipinski definition) is 6. The highest BCUT2D eigenvalue weighted by molar-refractivity contribution is 5.94. The molecular formula is C36H38N2O5. The summed E-state index contributed by atoms with van der Waals surface area (Å²) in [5.41, 5.74) is 6.71. The van der Waals surface area contributed by atoms with E-state index in [4.69, 9.17) is 14.2 Å². The first kappa shape index (κ1) is 29.2. The Kier molecular flexibility index (Phi) is 9.57. The molecule has 0 aliphatic carbocycles. The monoisotopic (exact) mass is 578 g/mol. The quantitative estimate of drug-likeness (QED) is 0.267. The van der Waals surface area contributed by atoms with Crippen molar-refractivity contribution in [1.82, 2.24) is 10.2 Å². The first-order valence-corrected chi connectivity index (χ1v) is 15.0. The minimum atomic E-state index is -0.518. The first-order chi connectivity index (χ1) is 21.1. The first-order valence-electron chi connectivity index (χ1n) is 15.0. The van der Waals surface area contributed by atoms with Gasteiger partial charge in [0.05, 0.1) is 32.0 Å². The lowest BCUT2D eigenvalue weighted by molar-refractivity contribution is -0.253. The number of hydrogen-bond donors (Lipinski definition) is 2. The highest BCUT2D eigenvalue weighted by atomic mass is 16.7. The van der Waals surface area contributed by atoms with Gasteiger partial charge in [0.15, 0.2) is 6.29 Å². The standard InChI is InChI=1S/C36H38N2O5/c39-25-26-12-14-28(15-13-26)34-22-33(24-38-16-18-41-19-17-38)42-36(43-34)32-11-5-10-31(21-32)30-9-4-6-27(20-30)23-37-35(40)29-7-2-1-3-8-29/h1-15,20-21,33-34,36,39H,16-19,22-25H2,(H,37,40). The van der Waals surface area contributed by atoms with Crippen LogP contribution in [0.5, 0.6) is 0 Å². The van der Waals surface area contributed by atoms with Crippen LogP contribution in [0.25, 0.3) is 11.1 Å². The smallest absolute Gasteiger partial charge is 0.251 e. The Bertz CT molecular complexity index is 1490. The number of amides is 1. The summed E-state index contributed by atoms with van der Waals surface area (Å²) in [5, 5.41) is 12.5. The molecule has 6 rings (SSSR count). The van der Waals surface area contributed by atoms with E-state index in [1.165, 1.54) is 0 Å². The second-order valence-corrected chi connectivity index (χ2v) is 11.1. The van der Waals surface area contributed by atoms with Gasteiger partial charge in [-0.3, -0.25) is 9.69 Å². The molecule has 7 nitrogen and oxygen atoms in total. The normalized spacial score (nSPS) is 20.9. The third-order valence-electron chi connectivity index (χ3n) is 8.09. The molecule has 2 N–H and O–H groups in total. The minimum absolute atomic E-state index is 0.000390. The third kappa shape index (κ3) is 7.57. The Morgan fingerprint density at radius 3 is 2.30 bits per heavy atom. The molecule has 2 fully saturated rings. The molecule has 0 bridgehead atoms. The van der Waals surface area contributed by atoms with E-state index in [9.17, 15) is 9.90 Å². The molecule has 2 saturated heterocycles. The average Bonchev–Trinajstić information content (AvgIpc) is 3.08. The van der Waals surface area contributed by atoms with Crippen molar-refractivity contribution >= 4 is 5.91 Å². The number of rotatable bonds is 9. The fraction of sp³-hybridized carbons (Fsp3) is 0.306. The van der Waals surface area contributed by atoms with Gasteiger partial charge >= 0.3 is 0 Å². The van der Waals surface area contributed by atoms with Gasteiger partial charge in [-0.2, -0.15) is 0 Å². The second-order valence-electron chi connectivity index (χ2n) is 11.1. The Morgan fingerprint density at radius 2 is 1.53 bits per heavy atom. The maximum absolute atomic E-state index is 12.5. The lowest BCUT2D eigenvalue weighted by atomic mass is 9.98. The van der Waals surface area contributed by atoms with E-state index in [2.05, 4.69) is 40.5 Å². The molecule has 1 amide bonds. The van der Waals surface area contributed by atoms with Crippen molar-refractivity contribution in [2.75, 3.05) is 32.8 Å². The number of morpholine rings is 1. The Hall–Kier alpha value is -3.85. The van der Waals surface area contributed by atoms with Crippen LogP contribution in [-0.2, 0) is 27.4 Å². The maximum Gasteiger partial charge on any atom is 0.251 e. The predicted molar refractivity (Wildman–Crippen MR) is 165 cm³/mol. The third-order valence-corrected chi connectivity index (χ3v) is 8.09. The Balaban J connectivity index is 1.19. The zero-order chi connectivity index (χ0) is 29.4. The number of aliphatic hydroxyl groups is 1. The molecule has 2 aliphatic heterocycles. The van der Waals surface area contributed by atoms with Crippen LogP contribution in [0.1, 0.15) is 51.4 Å². The van der Waals surface area contributed by atoms with Crippen LogP contribution in [0.15, 0.2) is 103 Å². The van der Waals surface area contributed by atoms with Crippen LogP contribution >= 0.6 is 0 Å². The van der Waals surface area contributed by atoms with Crippen LogP contribution < -0.4 is 5.32 Å². The Morgan fingerprint density at radius 1 is 0.791 bits per heavy atom. The van der Waals surface area contributed by atoms with Crippen molar-refractivity contribution < 1.29 is 24.1 Å². The summed E-state index contributed by atoms with van der Waals surface area (Å²) < 4.78 is 18.8. The largest absolute Gasteiger partial charge is 0.392 e. The van der Waals surface area contributed by atoms with Crippen molar-refractivity contribution in [2.24, 2.45) is 0 Å². The number of benzene rings is 4. The van der Waals surface area contributed by atoms with E-state index in [-0.39, 0.29) is 24.7 Å². The van der Waals surface area contributed by atoms with Gasteiger partial charge < -0.3 is 24.6 Å². The fourth-order valence-corrected chi connectivity index (χ4v) is 5.70. The number of aliphatic hydroxyl groups excluding tert-OH is 1. The number of carbonyl (C=O) groups excluding carboxylic acids is 1. The molecule has 43 heavy (non-hydrogen) atoms. The summed E-state index contributed by atoms with van der Waals surface area (Å²) in [5.74, 6) is -0.0909. The Labute approximate surface area is 253 Å². The zero-order valence-corrected chi connectivity index (χ0v) is 24.2. The van der Waals surface area contributed by atoms with Crippen molar-refractivity contribution in [3.8, 4) is 11.1 Å².